The molecule has 1 fully saturated rings. The van der Waals surface area contributed by atoms with Crippen LogP contribution in [0.4, 0.5) is 18.9 Å². The summed E-state index contributed by atoms with van der Waals surface area (Å²) >= 11 is -2.89. The van der Waals surface area contributed by atoms with Crippen LogP contribution in [0.15, 0.2) is 18.2 Å². The summed E-state index contributed by atoms with van der Waals surface area (Å²) in [6.45, 7) is 1.13. The largest absolute Gasteiger partial charge is 0.740 e. The second-order valence-electron chi connectivity index (χ2n) is 4.51. The fraction of sp³-hybridized carbons (Fsp3) is 0.500. The van der Waals surface area contributed by atoms with Crippen molar-refractivity contribution in [2.24, 2.45) is 0 Å². The first-order valence-corrected chi connectivity index (χ1v) is 7.12. The fourth-order valence-corrected chi connectivity index (χ4v) is 2.54. The third-order valence-corrected chi connectivity index (χ3v) is 3.46. The first-order chi connectivity index (χ1) is 9.38. The molecular weight excluding hydrogens is 295 g/mol. The van der Waals surface area contributed by atoms with Gasteiger partial charge in [-0.2, -0.15) is 13.2 Å². The Labute approximate surface area is 117 Å². The van der Waals surface area contributed by atoms with Crippen molar-refractivity contribution in [3.63, 3.8) is 0 Å². The van der Waals surface area contributed by atoms with Crippen LogP contribution in [-0.2, 0) is 17.5 Å². The molecule has 0 aromatic heterocycles. The van der Waals surface area contributed by atoms with E-state index in [1.165, 1.54) is 12.1 Å². The lowest BCUT2D eigenvalue weighted by Crippen LogP contribution is -2.31. The van der Waals surface area contributed by atoms with E-state index in [0.29, 0.717) is 13.1 Å². The molecule has 1 unspecified atom stereocenters. The van der Waals surface area contributed by atoms with E-state index < -0.39 is 23.1 Å². The summed E-state index contributed by atoms with van der Waals surface area (Å²) < 4.78 is 64.3. The van der Waals surface area contributed by atoms with Gasteiger partial charge >= 0.3 is 6.18 Å². The van der Waals surface area contributed by atoms with Crippen LogP contribution in [0.2, 0.25) is 0 Å². The third-order valence-electron chi connectivity index (χ3n) is 3.13. The predicted molar refractivity (Wildman–Crippen MR) is 67.1 cm³/mol. The maximum absolute atomic E-state index is 13.1. The van der Waals surface area contributed by atoms with Gasteiger partial charge in [0.1, 0.15) is 17.1 Å². The zero-order valence-electron chi connectivity index (χ0n) is 10.5. The van der Waals surface area contributed by atoms with Crippen molar-refractivity contribution >= 4 is 17.0 Å². The van der Waals surface area contributed by atoms with Crippen LogP contribution in [0.25, 0.3) is 0 Å². The monoisotopic (exact) mass is 308 g/mol. The Morgan fingerprint density at radius 2 is 1.85 bits per heavy atom. The normalized spacial score (nSPS) is 17.9. The Hall–Kier alpha value is -1.28. The summed E-state index contributed by atoms with van der Waals surface area (Å²) in [6, 6.07) is 3.21. The molecule has 1 saturated heterocycles. The highest BCUT2D eigenvalue weighted by Gasteiger charge is 2.35. The molecule has 1 aliphatic heterocycles. The van der Waals surface area contributed by atoms with E-state index in [9.17, 15) is 21.9 Å². The summed E-state index contributed by atoms with van der Waals surface area (Å²) in [5.74, 6) is -0.341. The lowest BCUT2D eigenvalue weighted by Gasteiger charge is -2.31. The lowest BCUT2D eigenvalue weighted by atomic mass is 10.1. The quantitative estimate of drug-likeness (QED) is 0.806. The van der Waals surface area contributed by atoms with Gasteiger partial charge in [-0.1, -0.05) is 0 Å². The Bertz CT molecular complexity index is 501. The van der Waals surface area contributed by atoms with Gasteiger partial charge in [0.25, 0.3) is 0 Å². The topological polar surface area (TPSA) is 52.6 Å². The Morgan fingerprint density at radius 1 is 1.20 bits per heavy atom. The van der Waals surface area contributed by atoms with Gasteiger partial charge < -0.3 is 13.6 Å². The summed E-state index contributed by atoms with van der Waals surface area (Å²) in [5, 5.41) is 0. The molecule has 1 aromatic carbocycles. The van der Waals surface area contributed by atoms with Gasteiger partial charge in [0.15, 0.2) is 0 Å². The number of alkyl halides is 3. The Kier molecular flexibility index (Phi) is 4.54. The van der Waals surface area contributed by atoms with Gasteiger partial charge in [0, 0.05) is 18.8 Å². The molecule has 8 heteroatoms. The minimum atomic E-state index is -4.56. The zero-order valence-corrected chi connectivity index (χ0v) is 11.3. The molecule has 0 bridgehead atoms. The summed E-state index contributed by atoms with van der Waals surface area (Å²) in [6.07, 6.45) is -1.86. The third kappa shape index (κ3) is 3.63. The smallest absolute Gasteiger partial charge is 0.418 e. The highest BCUT2D eigenvalue weighted by molar-refractivity contribution is 7.74. The van der Waals surface area contributed by atoms with Crippen molar-refractivity contribution in [2.75, 3.05) is 18.0 Å². The molecule has 1 aliphatic rings. The molecular formula is C12H13F3NO3S-. The molecule has 4 nitrogen and oxygen atoms in total. The summed E-state index contributed by atoms with van der Waals surface area (Å²) in [7, 11) is 0. The molecule has 1 heterocycles. The van der Waals surface area contributed by atoms with E-state index in [-0.39, 0.29) is 11.4 Å². The van der Waals surface area contributed by atoms with Crippen molar-refractivity contribution in [3.05, 3.63) is 23.8 Å². The second kappa shape index (κ2) is 6.01. The van der Waals surface area contributed by atoms with Gasteiger partial charge in [-0.15, -0.1) is 0 Å². The Balaban J connectivity index is 2.37. The lowest BCUT2D eigenvalue weighted by molar-refractivity contribution is -0.137. The van der Waals surface area contributed by atoms with E-state index in [2.05, 4.69) is 4.18 Å². The number of nitrogens with zero attached hydrogens (tertiary/aromatic N) is 1. The van der Waals surface area contributed by atoms with Crippen LogP contribution in [0.5, 0.6) is 5.75 Å². The molecule has 0 N–H and O–H groups in total. The van der Waals surface area contributed by atoms with Crippen molar-refractivity contribution in [2.45, 2.75) is 25.4 Å². The number of hydrogen-bond acceptors (Lipinski definition) is 4. The number of rotatable bonds is 3. The summed E-state index contributed by atoms with van der Waals surface area (Å²) in [4.78, 5) is 1.67. The van der Waals surface area contributed by atoms with E-state index in [1.54, 1.807) is 4.90 Å². The standard InChI is InChI=1S/C12H14F3NO3S/c13-12(14,15)10-8-9(19-20(17)18)4-5-11(10)16-6-2-1-3-7-16/h4-5,8H,1-3,6-7H2,(H,17,18)/p-1. The predicted octanol–water partition coefficient (Wildman–Crippen LogP) is 2.87. The fourth-order valence-electron chi connectivity index (χ4n) is 2.28. The van der Waals surface area contributed by atoms with Crippen molar-refractivity contribution in [3.8, 4) is 5.75 Å². The number of piperidine rings is 1. The van der Waals surface area contributed by atoms with Gasteiger partial charge in [-0.25, -0.2) is 4.21 Å². The van der Waals surface area contributed by atoms with Crippen LogP contribution in [-0.4, -0.2) is 21.9 Å². The van der Waals surface area contributed by atoms with E-state index >= 15 is 0 Å². The van der Waals surface area contributed by atoms with E-state index in [1.807, 2.05) is 0 Å². The maximum Gasteiger partial charge on any atom is 0.418 e. The van der Waals surface area contributed by atoms with Crippen LogP contribution in [0, 0.1) is 0 Å². The first-order valence-electron chi connectivity index (χ1n) is 6.12. The minimum Gasteiger partial charge on any atom is -0.740 e. The van der Waals surface area contributed by atoms with Crippen molar-refractivity contribution in [1.82, 2.24) is 0 Å². The average Bonchev–Trinajstić information content (AvgIpc) is 2.38. The Morgan fingerprint density at radius 3 is 2.40 bits per heavy atom. The minimum absolute atomic E-state index is 0.0706. The van der Waals surface area contributed by atoms with Gasteiger partial charge in [-0.05, 0) is 37.5 Å². The summed E-state index contributed by atoms with van der Waals surface area (Å²) in [5.41, 5.74) is -0.802. The highest BCUT2D eigenvalue weighted by atomic mass is 32.2. The first kappa shape index (κ1) is 15.1. The molecule has 2 rings (SSSR count). The van der Waals surface area contributed by atoms with Crippen molar-refractivity contribution < 1.29 is 26.1 Å². The van der Waals surface area contributed by atoms with E-state index in [4.69, 9.17) is 0 Å². The number of hydrogen-bond donors (Lipinski definition) is 0. The van der Waals surface area contributed by atoms with Gasteiger partial charge in [-0.3, -0.25) is 0 Å². The molecule has 0 radical (unpaired) electrons. The second-order valence-corrected chi connectivity index (χ2v) is 5.09. The van der Waals surface area contributed by atoms with Crippen LogP contribution in [0.3, 0.4) is 0 Å². The molecule has 1 aromatic rings. The molecule has 112 valence electrons. The van der Waals surface area contributed by atoms with Gasteiger partial charge in [0.05, 0.1) is 5.56 Å². The van der Waals surface area contributed by atoms with E-state index in [0.717, 1.165) is 25.3 Å². The number of halogens is 3. The number of benzene rings is 1. The van der Waals surface area contributed by atoms with Crippen LogP contribution in [0.1, 0.15) is 24.8 Å². The molecule has 1 atom stereocenters. The molecule has 0 saturated carbocycles. The average molecular weight is 308 g/mol. The van der Waals surface area contributed by atoms with Crippen molar-refractivity contribution in [1.29, 1.82) is 0 Å². The molecule has 0 spiro atoms. The number of anilines is 1. The van der Waals surface area contributed by atoms with Crippen LogP contribution >= 0.6 is 0 Å². The van der Waals surface area contributed by atoms with Gasteiger partial charge in [0.2, 0.25) is 0 Å². The highest BCUT2D eigenvalue weighted by Crippen LogP contribution is 2.39. The SMILES string of the molecule is O=S([O-])Oc1ccc(N2CCCCC2)c(C(F)(F)F)c1. The molecule has 20 heavy (non-hydrogen) atoms. The molecule has 0 amide bonds. The molecule has 0 aliphatic carbocycles. The zero-order chi connectivity index (χ0) is 14.8. The van der Waals surface area contributed by atoms with Crippen LogP contribution < -0.4 is 9.08 Å². The maximum atomic E-state index is 13.1.